The van der Waals surface area contributed by atoms with Crippen molar-refractivity contribution in [3.8, 4) is 0 Å². The van der Waals surface area contributed by atoms with E-state index in [4.69, 9.17) is 0 Å². The van der Waals surface area contributed by atoms with Crippen LogP contribution in [0, 0.1) is 17.8 Å². The Labute approximate surface area is 71.1 Å². The van der Waals surface area contributed by atoms with Crippen molar-refractivity contribution in [1.29, 1.82) is 0 Å². The third kappa shape index (κ3) is 0.886. The predicted octanol–water partition coefficient (Wildman–Crippen LogP) is 0.775. The molecule has 2 aliphatic carbocycles. The molecule has 2 saturated carbocycles. The molecule has 12 heavy (non-hydrogen) atoms. The zero-order valence-electron chi connectivity index (χ0n) is 7.08. The van der Waals surface area contributed by atoms with Crippen molar-refractivity contribution in [1.82, 2.24) is 0 Å². The first-order valence-corrected chi connectivity index (χ1v) is 4.34. The summed E-state index contributed by atoms with van der Waals surface area (Å²) in [4.78, 5) is 22.5. The van der Waals surface area contributed by atoms with Crippen LogP contribution in [0.2, 0.25) is 0 Å². The highest BCUT2D eigenvalue weighted by Crippen LogP contribution is 2.47. The van der Waals surface area contributed by atoms with Crippen LogP contribution in [0.25, 0.3) is 0 Å². The molecule has 2 rings (SSSR count). The van der Waals surface area contributed by atoms with Crippen molar-refractivity contribution in [3.63, 3.8) is 0 Å². The van der Waals surface area contributed by atoms with Gasteiger partial charge in [-0.05, 0) is 18.8 Å². The van der Waals surface area contributed by atoms with Crippen LogP contribution in [-0.2, 0) is 14.3 Å². The van der Waals surface area contributed by atoms with Gasteiger partial charge in [0.1, 0.15) is 5.78 Å². The number of esters is 1. The van der Waals surface area contributed by atoms with Gasteiger partial charge in [-0.1, -0.05) is 0 Å². The molecule has 0 saturated heterocycles. The Morgan fingerprint density at radius 1 is 1.50 bits per heavy atom. The molecule has 3 atom stereocenters. The molecule has 0 aromatic heterocycles. The summed E-state index contributed by atoms with van der Waals surface area (Å²) in [6, 6.07) is 0. The van der Waals surface area contributed by atoms with Gasteiger partial charge in [-0.2, -0.15) is 0 Å². The van der Waals surface area contributed by atoms with Gasteiger partial charge in [0, 0.05) is 12.3 Å². The maximum absolute atomic E-state index is 11.3. The molecule has 0 aromatic carbocycles. The van der Waals surface area contributed by atoms with Gasteiger partial charge in [-0.3, -0.25) is 9.59 Å². The van der Waals surface area contributed by atoms with Crippen molar-refractivity contribution < 1.29 is 14.3 Å². The second kappa shape index (κ2) is 2.57. The van der Waals surface area contributed by atoms with Crippen molar-refractivity contribution in [2.45, 2.75) is 19.3 Å². The maximum atomic E-state index is 11.3. The summed E-state index contributed by atoms with van der Waals surface area (Å²) in [5.41, 5.74) is 0. The summed E-state index contributed by atoms with van der Waals surface area (Å²) in [7, 11) is 1.39. The molecule has 0 aromatic rings. The van der Waals surface area contributed by atoms with Crippen molar-refractivity contribution >= 4 is 11.8 Å². The lowest BCUT2D eigenvalue weighted by atomic mass is 9.98. The Hall–Kier alpha value is -0.860. The van der Waals surface area contributed by atoms with Crippen molar-refractivity contribution in [2.24, 2.45) is 17.8 Å². The first-order chi connectivity index (χ1) is 5.74. The summed E-state index contributed by atoms with van der Waals surface area (Å²) < 4.78 is 4.67. The van der Waals surface area contributed by atoms with Gasteiger partial charge >= 0.3 is 5.97 Å². The molecular weight excluding hydrogens is 156 g/mol. The van der Waals surface area contributed by atoms with Gasteiger partial charge in [0.2, 0.25) is 0 Å². The quantitative estimate of drug-likeness (QED) is 0.543. The minimum Gasteiger partial charge on any atom is -0.469 e. The zero-order valence-corrected chi connectivity index (χ0v) is 7.08. The van der Waals surface area contributed by atoms with Crippen LogP contribution in [0.4, 0.5) is 0 Å². The topological polar surface area (TPSA) is 43.4 Å². The average molecular weight is 168 g/mol. The Morgan fingerprint density at radius 3 is 2.67 bits per heavy atom. The molecule has 66 valence electrons. The van der Waals surface area contributed by atoms with E-state index in [2.05, 4.69) is 4.74 Å². The molecule has 2 fully saturated rings. The van der Waals surface area contributed by atoms with E-state index < -0.39 is 0 Å². The van der Waals surface area contributed by atoms with E-state index in [-0.39, 0.29) is 29.5 Å². The normalized spacial score (nSPS) is 38.8. The Kier molecular flexibility index (Phi) is 1.67. The molecule has 2 bridgehead atoms. The van der Waals surface area contributed by atoms with E-state index in [0.717, 1.165) is 12.8 Å². The van der Waals surface area contributed by atoms with Gasteiger partial charge in [0.25, 0.3) is 0 Å². The van der Waals surface area contributed by atoms with E-state index in [1.807, 2.05) is 0 Å². The lowest BCUT2D eigenvalue weighted by Gasteiger charge is -2.10. The average Bonchev–Trinajstić information content (AvgIpc) is 2.59. The summed E-state index contributed by atoms with van der Waals surface area (Å²) in [5, 5.41) is 0. The molecule has 0 radical (unpaired) electrons. The fourth-order valence-corrected chi connectivity index (χ4v) is 2.57. The van der Waals surface area contributed by atoms with Crippen LogP contribution < -0.4 is 0 Å². The monoisotopic (exact) mass is 168 g/mol. The number of fused-ring (bicyclic) bond motifs is 2. The van der Waals surface area contributed by atoms with Crippen LogP contribution in [-0.4, -0.2) is 18.9 Å². The smallest absolute Gasteiger partial charge is 0.309 e. The number of methoxy groups -OCH3 is 1. The molecule has 0 amide bonds. The highest BCUT2D eigenvalue weighted by atomic mass is 16.5. The molecule has 0 unspecified atom stereocenters. The number of hydrogen-bond acceptors (Lipinski definition) is 3. The molecule has 0 aliphatic heterocycles. The molecule has 3 heteroatoms. The van der Waals surface area contributed by atoms with Gasteiger partial charge < -0.3 is 4.74 Å². The number of hydrogen-bond donors (Lipinski definition) is 0. The molecule has 0 spiro atoms. The van der Waals surface area contributed by atoms with E-state index in [1.54, 1.807) is 0 Å². The van der Waals surface area contributed by atoms with Crippen molar-refractivity contribution in [2.75, 3.05) is 7.11 Å². The third-order valence-electron chi connectivity index (χ3n) is 3.14. The molecular formula is C9H12O3. The number of carbonyl (C=O) groups is 2. The Balaban J connectivity index is 2.18. The lowest BCUT2D eigenvalue weighted by Crippen LogP contribution is -2.21. The number of ketones is 1. The van der Waals surface area contributed by atoms with E-state index in [1.165, 1.54) is 7.11 Å². The van der Waals surface area contributed by atoms with Crippen LogP contribution in [0.1, 0.15) is 19.3 Å². The lowest BCUT2D eigenvalue weighted by molar-refractivity contribution is -0.147. The van der Waals surface area contributed by atoms with Crippen LogP contribution in [0.15, 0.2) is 0 Å². The second-order valence-corrected chi connectivity index (χ2v) is 3.66. The molecule has 0 N–H and O–H groups in total. The highest BCUT2D eigenvalue weighted by Gasteiger charge is 2.51. The van der Waals surface area contributed by atoms with Gasteiger partial charge in [-0.25, -0.2) is 0 Å². The number of rotatable bonds is 1. The summed E-state index contributed by atoms with van der Waals surface area (Å²) in [6.07, 6.45) is 2.52. The van der Waals surface area contributed by atoms with Crippen LogP contribution in [0.3, 0.4) is 0 Å². The van der Waals surface area contributed by atoms with Gasteiger partial charge in [0.15, 0.2) is 0 Å². The van der Waals surface area contributed by atoms with Crippen molar-refractivity contribution in [3.05, 3.63) is 0 Å². The Morgan fingerprint density at radius 2 is 2.25 bits per heavy atom. The van der Waals surface area contributed by atoms with E-state index in [0.29, 0.717) is 6.42 Å². The zero-order chi connectivity index (χ0) is 8.72. The first-order valence-electron chi connectivity index (χ1n) is 4.34. The summed E-state index contributed by atoms with van der Waals surface area (Å²) in [5.74, 6) is 0.245. The summed E-state index contributed by atoms with van der Waals surface area (Å²) >= 11 is 0. The maximum Gasteiger partial charge on any atom is 0.309 e. The SMILES string of the molecule is COC(=O)[C@@H]1[C@H]2CC[C@H]1C(=O)C2. The van der Waals surface area contributed by atoms with Gasteiger partial charge in [-0.15, -0.1) is 0 Å². The first kappa shape index (κ1) is 7.77. The fraction of sp³-hybridized carbons (Fsp3) is 0.778. The number of Topliss-reactive ketones (excluding diaryl/α,β-unsaturated/α-hetero) is 1. The fourth-order valence-electron chi connectivity index (χ4n) is 2.57. The number of carbonyl (C=O) groups excluding carboxylic acids is 2. The largest absolute Gasteiger partial charge is 0.469 e. The third-order valence-corrected chi connectivity index (χ3v) is 3.14. The second-order valence-electron chi connectivity index (χ2n) is 3.66. The van der Waals surface area contributed by atoms with Crippen LogP contribution in [0.5, 0.6) is 0 Å². The predicted molar refractivity (Wildman–Crippen MR) is 41.3 cm³/mol. The van der Waals surface area contributed by atoms with E-state index in [9.17, 15) is 9.59 Å². The van der Waals surface area contributed by atoms with E-state index >= 15 is 0 Å². The molecule has 0 heterocycles. The Bertz CT molecular complexity index is 234. The van der Waals surface area contributed by atoms with Crippen LogP contribution >= 0.6 is 0 Å². The molecule has 2 aliphatic rings. The highest BCUT2D eigenvalue weighted by molar-refractivity contribution is 5.91. The van der Waals surface area contributed by atoms with Gasteiger partial charge in [0.05, 0.1) is 13.0 Å². The summed E-state index contributed by atoms with van der Waals surface area (Å²) in [6.45, 7) is 0. The minimum absolute atomic E-state index is 0.0116. The number of ether oxygens (including phenoxy) is 1. The molecule has 3 nitrogen and oxygen atoms in total. The minimum atomic E-state index is -0.187. The standard InChI is InChI=1S/C9H12O3/c1-12-9(11)8-5-2-3-6(8)7(10)4-5/h5-6,8H,2-4H2,1H3/t5-,6-,8+/m0/s1.